The second-order valence-corrected chi connectivity index (χ2v) is 8.20. The van der Waals surface area contributed by atoms with Crippen LogP contribution in [0.15, 0.2) is 47.6 Å². The van der Waals surface area contributed by atoms with Crippen LogP contribution in [0.25, 0.3) is 0 Å². The number of nitrogens with zero attached hydrogens (tertiary/aromatic N) is 1. The Balaban J connectivity index is 1.91. The van der Waals surface area contributed by atoms with Gasteiger partial charge in [-0.2, -0.15) is 0 Å². The minimum atomic E-state index is -1.01. The van der Waals surface area contributed by atoms with Gasteiger partial charge < -0.3 is 25.3 Å². The number of hydrogen-bond acceptors (Lipinski definition) is 6. The molecule has 0 amide bonds. The standard InChI is InChI=1S/C23H33NO6/c1-23(28,12-10-17-7-3-2-4-8-17)13-11-18-19(21(25)15-20(18)24-29)9-5-6-14-30-16-22(26)27/h2-4,7-8,11,13,18-19,21,25,28-29H,5-6,9-10,12,14-16H2,1H3,(H,26,27)/b13-11+,24-20-/t18-,19-,21+,23?/m1/s1. The average Bonchev–Trinajstić information content (AvgIpc) is 3.03. The van der Waals surface area contributed by atoms with Crippen molar-refractivity contribution in [3.8, 4) is 0 Å². The van der Waals surface area contributed by atoms with Crippen LogP contribution < -0.4 is 0 Å². The molecule has 7 nitrogen and oxygen atoms in total. The van der Waals surface area contributed by atoms with E-state index in [2.05, 4.69) is 5.16 Å². The minimum absolute atomic E-state index is 0.114. The van der Waals surface area contributed by atoms with E-state index in [0.717, 1.165) is 18.4 Å². The molecular formula is C23H33NO6. The highest BCUT2D eigenvalue weighted by molar-refractivity contribution is 5.90. The quantitative estimate of drug-likeness (QED) is 0.179. The molecule has 1 aliphatic rings. The Kier molecular flexibility index (Phi) is 9.49. The third kappa shape index (κ3) is 7.89. The number of carboxylic acid groups (broad SMARTS) is 1. The Hall–Kier alpha value is -2.22. The number of rotatable bonds is 12. The van der Waals surface area contributed by atoms with E-state index >= 15 is 0 Å². The van der Waals surface area contributed by atoms with Crippen LogP contribution in [0.3, 0.4) is 0 Å². The smallest absolute Gasteiger partial charge is 0.329 e. The molecule has 7 heteroatoms. The van der Waals surface area contributed by atoms with Gasteiger partial charge in [-0.1, -0.05) is 54.1 Å². The van der Waals surface area contributed by atoms with Crippen molar-refractivity contribution in [3.05, 3.63) is 48.0 Å². The van der Waals surface area contributed by atoms with Gasteiger partial charge in [0.15, 0.2) is 0 Å². The molecule has 0 bridgehead atoms. The van der Waals surface area contributed by atoms with Crippen LogP contribution in [-0.4, -0.2) is 57.1 Å². The zero-order chi connectivity index (χ0) is 22.0. The maximum Gasteiger partial charge on any atom is 0.329 e. The summed E-state index contributed by atoms with van der Waals surface area (Å²) < 4.78 is 5.04. The number of aryl methyl sites for hydroxylation is 1. The van der Waals surface area contributed by atoms with Crippen molar-refractivity contribution in [2.45, 2.75) is 57.2 Å². The van der Waals surface area contributed by atoms with E-state index in [1.54, 1.807) is 13.0 Å². The molecule has 0 saturated heterocycles. The summed E-state index contributed by atoms with van der Waals surface area (Å²) in [6, 6.07) is 9.96. The predicted octanol–water partition coefficient (Wildman–Crippen LogP) is 3.03. The molecule has 1 unspecified atom stereocenters. The number of ether oxygens (including phenoxy) is 1. The first-order chi connectivity index (χ1) is 14.3. The number of unbranched alkanes of at least 4 members (excludes halogenated alkanes) is 1. The van der Waals surface area contributed by atoms with Crippen molar-refractivity contribution in [2.24, 2.45) is 17.0 Å². The normalized spacial score (nSPS) is 25.0. The molecule has 4 N–H and O–H groups in total. The fraction of sp³-hybridized carbons (Fsp3) is 0.565. The lowest BCUT2D eigenvalue weighted by Crippen LogP contribution is -2.24. The van der Waals surface area contributed by atoms with E-state index in [0.29, 0.717) is 38.0 Å². The molecule has 0 aromatic heterocycles. The SMILES string of the molecule is CC(O)(/C=C/[C@H]1/C(=N\O)C[C@H](O)[C@@H]1CCCCOCC(=O)O)CCc1ccccc1. The number of allylic oxidation sites excluding steroid dienone is 1. The number of oxime groups is 1. The first-order valence-electron chi connectivity index (χ1n) is 10.5. The molecule has 0 aliphatic heterocycles. The molecular weight excluding hydrogens is 386 g/mol. The van der Waals surface area contributed by atoms with Crippen molar-refractivity contribution in [1.29, 1.82) is 0 Å². The number of aliphatic hydroxyl groups is 2. The fourth-order valence-corrected chi connectivity index (χ4v) is 3.90. The minimum Gasteiger partial charge on any atom is -0.480 e. The fourth-order valence-electron chi connectivity index (χ4n) is 3.90. The largest absolute Gasteiger partial charge is 0.480 e. The lowest BCUT2D eigenvalue weighted by molar-refractivity contribution is -0.142. The molecule has 30 heavy (non-hydrogen) atoms. The van der Waals surface area contributed by atoms with E-state index in [4.69, 9.17) is 9.84 Å². The van der Waals surface area contributed by atoms with Crippen LogP contribution in [0.1, 0.15) is 44.6 Å². The first-order valence-corrected chi connectivity index (χ1v) is 10.5. The molecule has 1 aliphatic carbocycles. The summed E-state index contributed by atoms with van der Waals surface area (Å²) in [6.07, 6.45) is 6.72. The van der Waals surface area contributed by atoms with Gasteiger partial charge in [0, 0.05) is 18.9 Å². The summed E-state index contributed by atoms with van der Waals surface area (Å²) >= 11 is 0. The summed E-state index contributed by atoms with van der Waals surface area (Å²) in [5.41, 5.74) is 0.659. The maximum atomic E-state index is 10.7. The van der Waals surface area contributed by atoms with E-state index < -0.39 is 17.7 Å². The molecule has 166 valence electrons. The van der Waals surface area contributed by atoms with Gasteiger partial charge in [0.1, 0.15) is 6.61 Å². The highest BCUT2D eigenvalue weighted by atomic mass is 16.5. The lowest BCUT2D eigenvalue weighted by Gasteiger charge is -2.22. The maximum absolute atomic E-state index is 10.7. The van der Waals surface area contributed by atoms with Gasteiger partial charge >= 0.3 is 5.97 Å². The van der Waals surface area contributed by atoms with E-state index in [-0.39, 0.29) is 18.4 Å². The molecule has 1 aromatic rings. The van der Waals surface area contributed by atoms with Crippen LogP contribution >= 0.6 is 0 Å². The Morgan fingerprint density at radius 3 is 2.70 bits per heavy atom. The number of carboxylic acids is 1. The monoisotopic (exact) mass is 419 g/mol. The second kappa shape index (κ2) is 11.8. The molecule has 0 radical (unpaired) electrons. The Bertz CT molecular complexity index is 716. The lowest BCUT2D eigenvalue weighted by atomic mass is 9.87. The van der Waals surface area contributed by atoms with Crippen LogP contribution in [0.5, 0.6) is 0 Å². The number of benzene rings is 1. The second-order valence-electron chi connectivity index (χ2n) is 8.20. The van der Waals surface area contributed by atoms with Gasteiger partial charge in [-0.15, -0.1) is 0 Å². The molecule has 2 rings (SSSR count). The third-order valence-corrected chi connectivity index (χ3v) is 5.61. The van der Waals surface area contributed by atoms with Gasteiger partial charge in [-0.05, 0) is 44.1 Å². The van der Waals surface area contributed by atoms with Crippen molar-refractivity contribution < 1.29 is 30.1 Å². The highest BCUT2D eigenvalue weighted by Gasteiger charge is 2.38. The van der Waals surface area contributed by atoms with Gasteiger partial charge in [0.25, 0.3) is 0 Å². The Morgan fingerprint density at radius 1 is 1.30 bits per heavy atom. The summed E-state index contributed by atoms with van der Waals surface area (Å²) in [6.45, 7) is 1.80. The number of carbonyl (C=O) groups is 1. The summed E-state index contributed by atoms with van der Waals surface area (Å²) in [5.74, 6) is -1.35. The van der Waals surface area contributed by atoms with Gasteiger partial charge in [-0.25, -0.2) is 4.79 Å². The van der Waals surface area contributed by atoms with Gasteiger partial charge in [0.05, 0.1) is 17.4 Å². The van der Waals surface area contributed by atoms with E-state index in [9.17, 15) is 20.2 Å². The molecule has 1 saturated carbocycles. The molecule has 0 heterocycles. The summed E-state index contributed by atoms with van der Waals surface area (Å²) in [7, 11) is 0. The average molecular weight is 420 g/mol. The third-order valence-electron chi connectivity index (χ3n) is 5.61. The van der Waals surface area contributed by atoms with E-state index in [1.807, 2.05) is 36.4 Å². The number of aliphatic carboxylic acids is 1. The van der Waals surface area contributed by atoms with Gasteiger partial charge in [0.2, 0.25) is 0 Å². The topological polar surface area (TPSA) is 120 Å². The Labute approximate surface area is 177 Å². The van der Waals surface area contributed by atoms with Crippen molar-refractivity contribution >= 4 is 11.7 Å². The van der Waals surface area contributed by atoms with Crippen LogP contribution in [0, 0.1) is 11.8 Å². The zero-order valence-electron chi connectivity index (χ0n) is 17.5. The number of hydrogen-bond donors (Lipinski definition) is 4. The first kappa shape index (κ1) is 24.1. The molecule has 1 aromatic carbocycles. The van der Waals surface area contributed by atoms with Crippen LogP contribution in [0.4, 0.5) is 0 Å². The zero-order valence-corrected chi connectivity index (χ0v) is 17.5. The summed E-state index contributed by atoms with van der Waals surface area (Å²) in [4.78, 5) is 10.5. The highest BCUT2D eigenvalue weighted by Crippen LogP contribution is 2.35. The van der Waals surface area contributed by atoms with Crippen LogP contribution in [0.2, 0.25) is 0 Å². The van der Waals surface area contributed by atoms with Gasteiger partial charge in [-0.3, -0.25) is 0 Å². The molecule has 4 atom stereocenters. The molecule has 0 spiro atoms. The summed E-state index contributed by atoms with van der Waals surface area (Å²) in [5, 5.41) is 42.5. The molecule has 1 fully saturated rings. The van der Waals surface area contributed by atoms with Crippen LogP contribution in [-0.2, 0) is 16.0 Å². The van der Waals surface area contributed by atoms with E-state index in [1.165, 1.54) is 0 Å². The predicted molar refractivity (Wildman–Crippen MR) is 114 cm³/mol. The van der Waals surface area contributed by atoms with Crippen molar-refractivity contribution in [2.75, 3.05) is 13.2 Å². The van der Waals surface area contributed by atoms with Crippen molar-refractivity contribution in [1.82, 2.24) is 0 Å². The van der Waals surface area contributed by atoms with Crippen molar-refractivity contribution in [3.63, 3.8) is 0 Å². The Morgan fingerprint density at radius 2 is 2.03 bits per heavy atom. The number of aliphatic hydroxyl groups excluding tert-OH is 1.